The summed E-state index contributed by atoms with van der Waals surface area (Å²) in [5, 5.41) is 12.7. The van der Waals surface area contributed by atoms with Crippen LogP contribution in [0.5, 0.6) is 0 Å². The van der Waals surface area contributed by atoms with Gasteiger partial charge in [-0.3, -0.25) is 4.79 Å². The average molecular weight is 251 g/mol. The topological polar surface area (TPSA) is 49.3 Å². The third-order valence-corrected chi connectivity index (χ3v) is 5.20. The molecule has 2 N–H and O–H groups in total. The van der Waals surface area contributed by atoms with E-state index >= 15 is 0 Å². The summed E-state index contributed by atoms with van der Waals surface area (Å²) in [6.45, 7) is 3.85. The van der Waals surface area contributed by atoms with Gasteiger partial charge in [-0.15, -0.1) is 0 Å². The molecule has 3 heteroatoms. The van der Waals surface area contributed by atoms with Crippen LogP contribution in [0.1, 0.15) is 52.4 Å². The van der Waals surface area contributed by atoms with Gasteiger partial charge in [0.1, 0.15) is 0 Å². The zero-order chi connectivity index (χ0) is 13.0. The van der Waals surface area contributed by atoms with Crippen LogP contribution in [-0.4, -0.2) is 23.2 Å². The van der Waals surface area contributed by atoms with Crippen LogP contribution in [-0.2, 0) is 4.79 Å². The van der Waals surface area contributed by atoms with Crippen LogP contribution in [0.3, 0.4) is 0 Å². The minimum atomic E-state index is -0.808. The largest absolute Gasteiger partial charge is 0.389 e. The van der Waals surface area contributed by atoms with Gasteiger partial charge in [-0.2, -0.15) is 0 Å². The van der Waals surface area contributed by atoms with Crippen molar-refractivity contribution in [1.29, 1.82) is 0 Å². The molecule has 0 atom stereocenters. The van der Waals surface area contributed by atoms with Crippen LogP contribution in [0.4, 0.5) is 0 Å². The van der Waals surface area contributed by atoms with Crippen molar-refractivity contribution >= 4 is 5.91 Å². The minimum absolute atomic E-state index is 0.0833. The summed E-state index contributed by atoms with van der Waals surface area (Å²) < 4.78 is 0. The molecular formula is C15H25NO2. The molecular weight excluding hydrogens is 226 g/mol. The molecule has 102 valence electrons. The molecule has 1 amide bonds. The van der Waals surface area contributed by atoms with E-state index in [4.69, 9.17) is 0 Å². The molecule has 0 aromatic carbocycles. The van der Waals surface area contributed by atoms with E-state index < -0.39 is 5.60 Å². The first-order valence-electron chi connectivity index (χ1n) is 7.37. The molecule has 0 radical (unpaired) electrons. The Morgan fingerprint density at radius 1 is 1.17 bits per heavy atom. The Labute approximate surface area is 109 Å². The lowest BCUT2D eigenvalue weighted by molar-refractivity contribution is -0.147. The standard InChI is InChI=1S/C15H25NO2/c1-14(2,18)9-16-13(17)15-6-10-3-11(7-15)5-12(4-10)8-15/h10-12,18H,3-9H2,1-2H3,(H,16,17). The van der Waals surface area contributed by atoms with Crippen molar-refractivity contribution in [3.63, 3.8) is 0 Å². The van der Waals surface area contributed by atoms with Crippen molar-refractivity contribution in [2.24, 2.45) is 23.2 Å². The average Bonchev–Trinajstić information content (AvgIpc) is 2.22. The van der Waals surface area contributed by atoms with Crippen LogP contribution in [0.2, 0.25) is 0 Å². The quantitative estimate of drug-likeness (QED) is 0.807. The summed E-state index contributed by atoms with van der Waals surface area (Å²) >= 11 is 0. The van der Waals surface area contributed by atoms with Gasteiger partial charge in [0.15, 0.2) is 0 Å². The van der Waals surface area contributed by atoms with Crippen LogP contribution >= 0.6 is 0 Å². The summed E-state index contributed by atoms with van der Waals surface area (Å²) in [6.07, 6.45) is 7.36. The molecule has 4 aliphatic rings. The number of rotatable bonds is 3. The van der Waals surface area contributed by atoms with Crippen LogP contribution in [0.25, 0.3) is 0 Å². The Kier molecular flexibility index (Phi) is 2.74. The summed E-state index contributed by atoms with van der Waals surface area (Å²) in [5.41, 5.74) is -0.891. The minimum Gasteiger partial charge on any atom is -0.389 e. The van der Waals surface area contributed by atoms with Crippen molar-refractivity contribution in [3.05, 3.63) is 0 Å². The van der Waals surface area contributed by atoms with Crippen molar-refractivity contribution in [1.82, 2.24) is 5.32 Å². The van der Waals surface area contributed by atoms with E-state index in [1.54, 1.807) is 13.8 Å². The third kappa shape index (κ3) is 2.18. The summed E-state index contributed by atoms with van der Waals surface area (Å²) in [6, 6.07) is 0. The maximum atomic E-state index is 12.5. The lowest BCUT2D eigenvalue weighted by atomic mass is 9.49. The third-order valence-electron chi connectivity index (χ3n) is 5.20. The van der Waals surface area contributed by atoms with E-state index in [9.17, 15) is 9.90 Å². The summed E-state index contributed by atoms with van der Waals surface area (Å²) in [7, 11) is 0. The van der Waals surface area contributed by atoms with Gasteiger partial charge >= 0.3 is 0 Å². The molecule has 0 spiro atoms. The van der Waals surface area contributed by atoms with Gasteiger partial charge in [0.05, 0.1) is 5.60 Å². The highest BCUT2D eigenvalue weighted by Crippen LogP contribution is 2.60. The summed E-state index contributed by atoms with van der Waals surface area (Å²) in [5.74, 6) is 2.60. The van der Waals surface area contributed by atoms with Gasteiger partial charge in [0, 0.05) is 12.0 Å². The maximum Gasteiger partial charge on any atom is 0.226 e. The second-order valence-corrected chi connectivity index (χ2v) is 7.69. The van der Waals surface area contributed by atoms with E-state index in [1.807, 2.05) is 0 Å². The number of amides is 1. The van der Waals surface area contributed by atoms with Gasteiger partial charge < -0.3 is 10.4 Å². The highest BCUT2D eigenvalue weighted by molar-refractivity contribution is 5.83. The number of aliphatic hydroxyl groups is 1. The molecule has 3 nitrogen and oxygen atoms in total. The number of hydrogen-bond donors (Lipinski definition) is 2. The molecule has 0 heterocycles. The van der Waals surface area contributed by atoms with Gasteiger partial charge in [-0.05, 0) is 70.1 Å². The fraction of sp³-hybridized carbons (Fsp3) is 0.933. The molecule has 0 aromatic heterocycles. The molecule has 0 aromatic rings. The first kappa shape index (κ1) is 12.5. The Morgan fingerprint density at radius 3 is 2.00 bits per heavy atom. The Hall–Kier alpha value is -0.570. The Bertz CT molecular complexity index is 321. The lowest BCUT2D eigenvalue weighted by Gasteiger charge is -2.55. The monoisotopic (exact) mass is 251 g/mol. The van der Waals surface area contributed by atoms with Gasteiger partial charge in [0.25, 0.3) is 0 Å². The predicted molar refractivity (Wildman–Crippen MR) is 69.9 cm³/mol. The van der Waals surface area contributed by atoms with Gasteiger partial charge in [0.2, 0.25) is 5.91 Å². The van der Waals surface area contributed by atoms with E-state index in [0.717, 1.165) is 37.0 Å². The fourth-order valence-corrected chi connectivity index (χ4v) is 4.87. The van der Waals surface area contributed by atoms with Gasteiger partial charge in [-0.25, -0.2) is 0 Å². The lowest BCUT2D eigenvalue weighted by Crippen LogP contribution is -2.55. The number of carbonyl (C=O) groups excluding carboxylic acids is 1. The predicted octanol–water partition coefficient (Wildman–Crippen LogP) is 2.09. The van der Waals surface area contributed by atoms with E-state index in [1.165, 1.54) is 19.3 Å². The molecule has 4 fully saturated rings. The molecule has 4 bridgehead atoms. The van der Waals surface area contributed by atoms with Gasteiger partial charge in [-0.1, -0.05) is 0 Å². The second kappa shape index (κ2) is 3.96. The SMILES string of the molecule is CC(C)(O)CNC(=O)C12CC3CC(CC(C3)C1)C2. The first-order chi connectivity index (χ1) is 8.36. The molecule has 4 aliphatic carbocycles. The van der Waals surface area contributed by atoms with Crippen molar-refractivity contribution in [3.8, 4) is 0 Å². The summed E-state index contributed by atoms with van der Waals surface area (Å²) in [4.78, 5) is 12.5. The van der Waals surface area contributed by atoms with Crippen molar-refractivity contribution in [2.45, 2.75) is 58.0 Å². The molecule has 4 saturated carbocycles. The van der Waals surface area contributed by atoms with Crippen LogP contribution in [0.15, 0.2) is 0 Å². The number of hydrogen-bond acceptors (Lipinski definition) is 2. The normalized spacial score (nSPS) is 42.1. The highest BCUT2D eigenvalue weighted by atomic mass is 16.3. The van der Waals surface area contributed by atoms with Crippen molar-refractivity contribution < 1.29 is 9.90 Å². The number of carbonyl (C=O) groups is 1. The Morgan fingerprint density at radius 2 is 1.61 bits per heavy atom. The maximum absolute atomic E-state index is 12.5. The van der Waals surface area contributed by atoms with Crippen LogP contribution < -0.4 is 5.32 Å². The fourth-order valence-electron chi connectivity index (χ4n) is 4.87. The Balaban J connectivity index is 1.69. The molecule has 0 unspecified atom stereocenters. The molecule has 0 aliphatic heterocycles. The van der Waals surface area contributed by atoms with Crippen LogP contribution in [0, 0.1) is 23.2 Å². The van der Waals surface area contributed by atoms with E-state index in [-0.39, 0.29) is 11.3 Å². The smallest absolute Gasteiger partial charge is 0.226 e. The zero-order valence-electron chi connectivity index (χ0n) is 11.5. The first-order valence-corrected chi connectivity index (χ1v) is 7.37. The van der Waals surface area contributed by atoms with Crippen molar-refractivity contribution in [2.75, 3.05) is 6.54 Å². The number of nitrogens with one attached hydrogen (secondary N) is 1. The van der Waals surface area contributed by atoms with E-state index in [2.05, 4.69) is 5.32 Å². The van der Waals surface area contributed by atoms with E-state index in [0.29, 0.717) is 6.54 Å². The zero-order valence-corrected chi connectivity index (χ0v) is 11.5. The second-order valence-electron chi connectivity index (χ2n) is 7.69. The molecule has 0 saturated heterocycles. The molecule has 18 heavy (non-hydrogen) atoms. The molecule has 4 rings (SSSR count). The highest BCUT2D eigenvalue weighted by Gasteiger charge is 2.54.